The highest BCUT2D eigenvalue weighted by molar-refractivity contribution is 7.14. The molecule has 29 heavy (non-hydrogen) atoms. The van der Waals surface area contributed by atoms with E-state index >= 15 is 0 Å². The Morgan fingerprint density at radius 1 is 1.21 bits per heavy atom. The average molecular weight is 406 g/mol. The minimum Gasteiger partial charge on any atom is -0.477 e. The maximum atomic E-state index is 12.5. The number of aromatic carboxylic acids is 1. The zero-order valence-electron chi connectivity index (χ0n) is 15.8. The number of aryl methyl sites for hydroxylation is 2. The molecule has 0 bridgehead atoms. The Labute approximate surface area is 170 Å². The fourth-order valence-corrected chi connectivity index (χ4v) is 3.94. The van der Waals surface area contributed by atoms with E-state index in [0.29, 0.717) is 34.0 Å². The minimum absolute atomic E-state index is 0.117. The van der Waals surface area contributed by atoms with Crippen LogP contribution in [-0.2, 0) is 6.42 Å². The maximum absolute atomic E-state index is 12.5. The first-order chi connectivity index (χ1) is 14.0. The lowest BCUT2D eigenvalue weighted by atomic mass is 10.1. The fourth-order valence-electron chi connectivity index (χ4n) is 3.18. The Bertz CT molecular complexity index is 1240. The number of hydrogen-bond acceptors (Lipinski definition) is 5. The van der Waals surface area contributed by atoms with E-state index in [1.54, 1.807) is 22.8 Å². The summed E-state index contributed by atoms with van der Waals surface area (Å²) in [6.07, 6.45) is 2.05. The van der Waals surface area contributed by atoms with Gasteiger partial charge in [-0.2, -0.15) is 5.10 Å². The SMILES string of the molecule is CCc1nn2c(-c3cccc(NC(=O)c4ccc(C)s4)c3)ccnc2c1C(=O)O. The molecule has 0 spiro atoms. The average Bonchev–Trinajstić information content (AvgIpc) is 3.31. The molecule has 0 saturated heterocycles. The van der Waals surface area contributed by atoms with Gasteiger partial charge in [0.15, 0.2) is 5.65 Å². The topological polar surface area (TPSA) is 96.6 Å². The molecule has 3 aromatic heterocycles. The van der Waals surface area contributed by atoms with Crippen molar-refractivity contribution in [1.82, 2.24) is 14.6 Å². The molecule has 4 rings (SSSR count). The summed E-state index contributed by atoms with van der Waals surface area (Å²) in [5.74, 6) is -1.21. The number of nitrogens with one attached hydrogen (secondary N) is 1. The molecule has 0 unspecified atom stereocenters. The third-order valence-electron chi connectivity index (χ3n) is 4.52. The molecule has 0 aliphatic carbocycles. The highest BCUT2D eigenvalue weighted by atomic mass is 32.1. The van der Waals surface area contributed by atoms with Crippen molar-refractivity contribution in [3.8, 4) is 11.3 Å². The van der Waals surface area contributed by atoms with E-state index in [0.717, 1.165) is 10.4 Å². The van der Waals surface area contributed by atoms with Crippen molar-refractivity contribution in [1.29, 1.82) is 0 Å². The van der Waals surface area contributed by atoms with Crippen LogP contribution < -0.4 is 5.32 Å². The zero-order valence-corrected chi connectivity index (χ0v) is 16.7. The van der Waals surface area contributed by atoms with Crippen LogP contribution in [0.4, 0.5) is 5.69 Å². The molecule has 0 aliphatic heterocycles. The van der Waals surface area contributed by atoms with Crippen molar-refractivity contribution in [2.75, 3.05) is 5.32 Å². The Balaban J connectivity index is 1.74. The number of carboxylic acids is 1. The fraction of sp³-hybridized carbons (Fsp3) is 0.143. The highest BCUT2D eigenvalue weighted by Crippen LogP contribution is 2.26. The summed E-state index contributed by atoms with van der Waals surface area (Å²) >= 11 is 1.44. The molecular formula is C21H18N4O3S. The standard InChI is InChI=1S/C21H18N4O3S/c1-3-15-18(21(27)28)19-22-10-9-16(25(19)24-15)13-5-4-6-14(11-13)23-20(26)17-8-7-12(2)29-17/h4-11H,3H2,1-2H3,(H,23,26)(H,27,28). The first-order valence-electron chi connectivity index (χ1n) is 9.06. The predicted molar refractivity (Wildman–Crippen MR) is 112 cm³/mol. The van der Waals surface area contributed by atoms with Gasteiger partial charge in [-0.3, -0.25) is 4.79 Å². The van der Waals surface area contributed by atoms with Gasteiger partial charge in [-0.25, -0.2) is 14.3 Å². The van der Waals surface area contributed by atoms with Crippen LogP contribution in [0.25, 0.3) is 16.9 Å². The summed E-state index contributed by atoms with van der Waals surface area (Å²) in [5, 5.41) is 16.9. The Morgan fingerprint density at radius 3 is 2.72 bits per heavy atom. The second-order valence-corrected chi connectivity index (χ2v) is 7.78. The van der Waals surface area contributed by atoms with Gasteiger partial charge in [-0.05, 0) is 43.7 Å². The van der Waals surface area contributed by atoms with Crippen molar-refractivity contribution in [2.24, 2.45) is 0 Å². The van der Waals surface area contributed by atoms with Crippen molar-refractivity contribution < 1.29 is 14.7 Å². The molecule has 0 aliphatic rings. The predicted octanol–water partition coefficient (Wildman–Crippen LogP) is 4.28. The zero-order chi connectivity index (χ0) is 20.5. The molecule has 0 atom stereocenters. The van der Waals surface area contributed by atoms with Gasteiger partial charge in [-0.1, -0.05) is 19.1 Å². The molecule has 3 heterocycles. The molecule has 0 fully saturated rings. The number of carbonyl (C=O) groups excluding carboxylic acids is 1. The number of nitrogens with zero attached hydrogens (tertiary/aromatic N) is 3. The summed E-state index contributed by atoms with van der Waals surface area (Å²) in [6.45, 7) is 3.81. The second-order valence-electron chi connectivity index (χ2n) is 6.49. The summed E-state index contributed by atoms with van der Waals surface area (Å²) in [4.78, 5) is 30.1. The van der Waals surface area contributed by atoms with Gasteiger partial charge in [0.05, 0.1) is 16.3 Å². The molecule has 8 heteroatoms. The number of fused-ring (bicyclic) bond motifs is 1. The van der Waals surface area contributed by atoms with Gasteiger partial charge in [0.1, 0.15) is 5.56 Å². The number of thiophene rings is 1. The lowest BCUT2D eigenvalue weighted by Crippen LogP contribution is -2.10. The van der Waals surface area contributed by atoms with E-state index in [9.17, 15) is 14.7 Å². The molecule has 1 amide bonds. The summed E-state index contributed by atoms with van der Waals surface area (Å²) in [7, 11) is 0. The lowest BCUT2D eigenvalue weighted by Gasteiger charge is -2.08. The number of benzene rings is 1. The lowest BCUT2D eigenvalue weighted by molar-refractivity contribution is 0.0697. The van der Waals surface area contributed by atoms with Crippen LogP contribution in [0.15, 0.2) is 48.7 Å². The van der Waals surface area contributed by atoms with E-state index in [1.165, 1.54) is 11.3 Å². The molecule has 146 valence electrons. The van der Waals surface area contributed by atoms with Gasteiger partial charge >= 0.3 is 5.97 Å². The van der Waals surface area contributed by atoms with Crippen LogP contribution in [0, 0.1) is 6.92 Å². The number of anilines is 1. The molecule has 1 aromatic carbocycles. The first-order valence-corrected chi connectivity index (χ1v) is 9.87. The monoisotopic (exact) mass is 406 g/mol. The molecular weight excluding hydrogens is 388 g/mol. The Morgan fingerprint density at radius 2 is 2.03 bits per heavy atom. The van der Waals surface area contributed by atoms with Crippen LogP contribution in [-0.4, -0.2) is 31.6 Å². The smallest absolute Gasteiger partial charge is 0.341 e. The molecule has 4 aromatic rings. The van der Waals surface area contributed by atoms with E-state index in [2.05, 4.69) is 15.4 Å². The van der Waals surface area contributed by atoms with Gasteiger partial charge in [-0.15, -0.1) is 11.3 Å². The quantitative estimate of drug-likeness (QED) is 0.516. The number of carboxylic acid groups (broad SMARTS) is 1. The summed E-state index contributed by atoms with van der Waals surface area (Å²) in [5.41, 5.74) is 3.03. The second kappa shape index (κ2) is 7.48. The molecule has 2 N–H and O–H groups in total. The van der Waals surface area contributed by atoms with Crippen molar-refractivity contribution in [3.05, 3.63) is 69.7 Å². The van der Waals surface area contributed by atoms with Crippen LogP contribution in [0.1, 0.15) is 37.5 Å². The number of carbonyl (C=O) groups is 2. The number of rotatable bonds is 5. The minimum atomic E-state index is -1.05. The first kappa shape index (κ1) is 18.8. The van der Waals surface area contributed by atoms with Crippen molar-refractivity contribution in [2.45, 2.75) is 20.3 Å². The molecule has 0 radical (unpaired) electrons. The summed E-state index contributed by atoms with van der Waals surface area (Å²) in [6, 6.07) is 12.8. The van der Waals surface area contributed by atoms with Crippen molar-refractivity contribution >= 4 is 34.5 Å². The number of hydrogen-bond donors (Lipinski definition) is 2. The van der Waals surface area contributed by atoms with Gasteiger partial charge in [0.25, 0.3) is 5.91 Å². The van der Waals surface area contributed by atoms with Crippen LogP contribution in [0.2, 0.25) is 0 Å². The van der Waals surface area contributed by atoms with Gasteiger partial charge in [0, 0.05) is 22.3 Å². The third kappa shape index (κ3) is 3.50. The Hall–Kier alpha value is -3.52. The normalized spacial score (nSPS) is 11.0. The molecule has 7 nitrogen and oxygen atoms in total. The number of amides is 1. The Kier molecular flexibility index (Phi) is 4.85. The van der Waals surface area contributed by atoms with Gasteiger partial charge in [0.2, 0.25) is 0 Å². The van der Waals surface area contributed by atoms with Crippen LogP contribution in [0.5, 0.6) is 0 Å². The largest absolute Gasteiger partial charge is 0.477 e. The van der Waals surface area contributed by atoms with Crippen molar-refractivity contribution in [3.63, 3.8) is 0 Å². The highest BCUT2D eigenvalue weighted by Gasteiger charge is 2.21. The van der Waals surface area contributed by atoms with E-state index in [-0.39, 0.29) is 11.5 Å². The van der Waals surface area contributed by atoms with Gasteiger partial charge < -0.3 is 10.4 Å². The summed E-state index contributed by atoms with van der Waals surface area (Å²) < 4.78 is 1.55. The van der Waals surface area contributed by atoms with E-state index in [4.69, 9.17) is 0 Å². The van der Waals surface area contributed by atoms with E-state index in [1.807, 2.05) is 44.2 Å². The third-order valence-corrected chi connectivity index (χ3v) is 5.52. The molecule has 0 saturated carbocycles. The maximum Gasteiger partial charge on any atom is 0.341 e. The van der Waals surface area contributed by atoms with E-state index < -0.39 is 5.97 Å². The number of aromatic nitrogens is 3. The van der Waals surface area contributed by atoms with Crippen LogP contribution >= 0.6 is 11.3 Å². The van der Waals surface area contributed by atoms with Crippen LogP contribution in [0.3, 0.4) is 0 Å².